The molecular formula is C14H19N3O2S. The quantitative estimate of drug-likeness (QED) is 0.639. The van der Waals surface area contributed by atoms with Crippen LogP contribution in [-0.2, 0) is 16.0 Å². The second-order valence-corrected chi connectivity index (χ2v) is 4.73. The third-order valence-electron chi connectivity index (χ3n) is 2.65. The van der Waals surface area contributed by atoms with E-state index in [1.54, 1.807) is 12.1 Å². The van der Waals surface area contributed by atoms with Crippen LogP contribution in [0.2, 0.25) is 0 Å². The van der Waals surface area contributed by atoms with Gasteiger partial charge in [-0.1, -0.05) is 36.5 Å². The maximum absolute atomic E-state index is 11.7. The third kappa shape index (κ3) is 5.79. The van der Waals surface area contributed by atoms with Gasteiger partial charge in [0.1, 0.15) is 4.99 Å². The first-order valence-corrected chi connectivity index (χ1v) is 6.86. The molecule has 0 radical (unpaired) electrons. The lowest BCUT2D eigenvalue weighted by molar-refractivity contribution is -0.121. The minimum atomic E-state index is -0.114. The van der Waals surface area contributed by atoms with Crippen LogP contribution in [0.1, 0.15) is 24.5 Å². The van der Waals surface area contributed by atoms with Crippen molar-refractivity contribution in [1.82, 2.24) is 10.6 Å². The maximum Gasteiger partial charge on any atom is 0.224 e. The SMILES string of the molecule is CCNC(=O)CCNC(=O)Cc1ccc(C(N)=S)cc1. The van der Waals surface area contributed by atoms with Gasteiger partial charge in [-0.3, -0.25) is 9.59 Å². The summed E-state index contributed by atoms with van der Waals surface area (Å²) in [7, 11) is 0. The Bertz CT molecular complexity index is 486. The normalized spacial score (nSPS) is 9.85. The van der Waals surface area contributed by atoms with Crippen molar-refractivity contribution in [1.29, 1.82) is 0 Å². The van der Waals surface area contributed by atoms with Crippen LogP contribution in [0.25, 0.3) is 0 Å². The Morgan fingerprint density at radius 3 is 2.35 bits per heavy atom. The van der Waals surface area contributed by atoms with Gasteiger partial charge in [-0.15, -0.1) is 0 Å². The Hall–Kier alpha value is -1.95. The molecule has 0 heterocycles. The summed E-state index contributed by atoms with van der Waals surface area (Å²) in [6.45, 7) is 2.80. The van der Waals surface area contributed by atoms with E-state index in [0.717, 1.165) is 11.1 Å². The fourth-order valence-corrected chi connectivity index (χ4v) is 1.77. The molecule has 0 aliphatic rings. The van der Waals surface area contributed by atoms with Crippen molar-refractivity contribution in [2.45, 2.75) is 19.8 Å². The Morgan fingerprint density at radius 2 is 1.80 bits per heavy atom. The average Bonchev–Trinajstić information content (AvgIpc) is 2.39. The molecule has 108 valence electrons. The summed E-state index contributed by atoms with van der Waals surface area (Å²) in [4.78, 5) is 23.2. The van der Waals surface area contributed by atoms with E-state index in [9.17, 15) is 9.59 Å². The van der Waals surface area contributed by atoms with E-state index >= 15 is 0 Å². The van der Waals surface area contributed by atoms with E-state index in [4.69, 9.17) is 18.0 Å². The maximum atomic E-state index is 11.7. The molecular weight excluding hydrogens is 274 g/mol. The van der Waals surface area contributed by atoms with E-state index in [1.807, 2.05) is 19.1 Å². The summed E-state index contributed by atoms with van der Waals surface area (Å²) in [5.41, 5.74) is 7.15. The highest BCUT2D eigenvalue weighted by Crippen LogP contribution is 2.05. The van der Waals surface area contributed by atoms with Crippen molar-refractivity contribution in [3.05, 3.63) is 35.4 Å². The molecule has 1 aromatic carbocycles. The lowest BCUT2D eigenvalue weighted by Crippen LogP contribution is -2.31. The molecule has 1 rings (SSSR count). The minimum absolute atomic E-state index is 0.0615. The van der Waals surface area contributed by atoms with Gasteiger partial charge in [-0.05, 0) is 12.5 Å². The Labute approximate surface area is 123 Å². The van der Waals surface area contributed by atoms with Gasteiger partial charge in [-0.2, -0.15) is 0 Å². The topological polar surface area (TPSA) is 84.2 Å². The molecule has 0 spiro atoms. The molecule has 0 saturated heterocycles. The molecule has 0 aromatic heterocycles. The van der Waals surface area contributed by atoms with Crippen molar-refractivity contribution in [2.24, 2.45) is 5.73 Å². The van der Waals surface area contributed by atoms with Crippen LogP contribution in [0, 0.1) is 0 Å². The van der Waals surface area contributed by atoms with Crippen LogP contribution in [0.15, 0.2) is 24.3 Å². The number of nitrogens with two attached hydrogens (primary N) is 1. The molecule has 0 fully saturated rings. The van der Waals surface area contributed by atoms with Gasteiger partial charge in [0.05, 0.1) is 6.42 Å². The molecule has 0 bridgehead atoms. The second-order valence-electron chi connectivity index (χ2n) is 4.29. The first-order chi connectivity index (χ1) is 9.52. The molecule has 0 saturated carbocycles. The largest absolute Gasteiger partial charge is 0.389 e. The van der Waals surface area contributed by atoms with E-state index in [1.165, 1.54) is 0 Å². The zero-order valence-electron chi connectivity index (χ0n) is 11.4. The van der Waals surface area contributed by atoms with Crippen molar-refractivity contribution < 1.29 is 9.59 Å². The molecule has 0 aliphatic heterocycles. The van der Waals surface area contributed by atoms with Gasteiger partial charge in [0.25, 0.3) is 0 Å². The van der Waals surface area contributed by atoms with Gasteiger partial charge in [0, 0.05) is 25.1 Å². The van der Waals surface area contributed by atoms with Crippen LogP contribution >= 0.6 is 12.2 Å². The summed E-state index contributed by atoms with van der Waals surface area (Å²) >= 11 is 4.86. The number of amides is 2. The smallest absolute Gasteiger partial charge is 0.224 e. The van der Waals surface area contributed by atoms with Gasteiger partial charge >= 0.3 is 0 Å². The summed E-state index contributed by atoms with van der Waals surface area (Å²) in [5, 5.41) is 5.38. The number of nitrogens with one attached hydrogen (secondary N) is 2. The minimum Gasteiger partial charge on any atom is -0.389 e. The predicted molar refractivity (Wildman–Crippen MR) is 82.3 cm³/mol. The van der Waals surface area contributed by atoms with Crippen molar-refractivity contribution >= 4 is 29.0 Å². The van der Waals surface area contributed by atoms with Crippen molar-refractivity contribution in [3.8, 4) is 0 Å². The summed E-state index contributed by atoms with van der Waals surface area (Å²) < 4.78 is 0. The van der Waals surface area contributed by atoms with E-state index in [2.05, 4.69) is 10.6 Å². The second kappa shape index (κ2) is 8.27. The molecule has 0 aliphatic carbocycles. The first-order valence-electron chi connectivity index (χ1n) is 6.45. The Morgan fingerprint density at radius 1 is 1.15 bits per heavy atom. The van der Waals surface area contributed by atoms with Crippen LogP contribution in [0.5, 0.6) is 0 Å². The lowest BCUT2D eigenvalue weighted by Gasteiger charge is -2.06. The Balaban J connectivity index is 2.35. The molecule has 0 unspecified atom stereocenters. The number of thiocarbonyl (C=S) groups is 1. The van der Waals surface area contributed by atoms with Crippen molar-refractivity contribution in [3.63, 3.8) is 0 Å². The highest BCUT2D eigenvalue weighted by Gasteiger charge is 2.05. The highest BCUT2D eigenvalue weighted by atomic mass is 32.1. The number of rotatable bonds is 7. The monoisotopic (exact) mass is 293 g/mol. The molecule has 6 heteroatoms. The number of hydrogen-bond donors (Lipinski definition) is 3. The Kier molecular flexibility index (Phi) is 6.66. The fraction of sp³-hybridized carbons (Fsp3) is 0.357. The van der Waals surface area contributed by atoms with Crippen LogP contribution in [0.3, 0.4) is 0 Å². The number of carbonyl (C=O) groups excluding carboxylic acids is 2. The first kappa shape index (κ1) is 16.1. The van der Waals surface area contributed by atoms with Crippen molar-refractivity contribution in [2.75, 3.05) is 13.1 Å². The summed E-state index contributed by atoms with van der Waals surface area (Å²) in [6, 6.07) is 7.22. The predicted octanol–water partition coefficient (Wildman–Crippen LogP) is 0.506. The third-order valence-corrected chi connectivity index (χ3v) is 2.89. The number of carbonyl (C=O) groups is 2. The highest BCUT2D eigenvalue weighted by molar-refractivity contribution is 7.80. The van der Waals surface area contributed by atoms with Gasteiger partial charge in [-0.25, -0.2) is 0 Å². The van der Waals surface area contributed by atoms with E-state index in [-0.39, 0.29) is 18.2 Å². The van der Waals surface area contributed by atoms with Gasteiger partial charge in [0.15, 0.2) is 0 Å². The summed E-state index contributed by atoms with van der Waals surface area (Å²) in [5.74, 6) is -0.175. The van der Waals surface area contributed by atoms with Gasteiger partial charge in [0.2, 0.25) is 11.8 Å². The van der Waals surface area contributed by atoms with Crippen LogP contribution < -0.4 is 16.4 Å². The fourth-order valence-electron chi connectivity index (χ4n) is 1.64. The molecule has 2 amide bonds. The average molecular weight is 293 g/mol. The molecule has 0 atom stereocenters. The molecule has 1 aromatic rings. The standard InChI is InChI=1S/C14H19N3O2S/c1-2-16-12(18)7-8-17-13(19)9-10-3-5-11(6-4-10)14(15)20/h3-6H,2,7-9H2,1H3,(H2,15,20)(H,16,18)(H,17,19). The summed E-state index contributed by atoms with van der Waals surface area (Å²) in [6.07, 6.45) is 0.562. The zero-order valence-corrected chi connectivity index (χ0v) is 12.3. The van der Waals surface area contributed by atoms with E-state index < -0.39 is 0 Å². The number of hydrogen-bond acceptors (Lipinski definition) is 3. The number of benzene rings is 1. The molecule has 4 N–H and O–H groups in total. The zero-order chi connectivity index (χ0) is 15.0. The molecule has 5 nitrogen and oxygen atoms in total. The molecule has 20 heavy (non-hydrogen) atoms. The van der Waals surface area contributed by atoms with Crippen LogP contribution in [0.4, 0.5) is 0 Å². The van der Waals surface area contributed by atoms with Gasteiger partial charge < -0.3 is 16.4 Å². The van der Waals surface area contributed by atoms with Crippen LogP contribution in [-0.4, -0.2) is 29.9 Å². The van der Waals surface area contributed by atoms with E-state index in [0.29, 0.717) is 24.5 Å². The lowest BCUT2D eigenvalue weighted by atomic mass is 10.1.